The van der Waals surface area contributed by atoms with E-state index in [1.165, 1.54) is 53.5 Å². The number of benzene rings is 4. The Labute approximate surface area is 187 Å². The normalized spacial score (nSPS) is 15.2. The van der Waals surface area contributed by atoms with Crippen LogP contribution >= 0.6 is 31.9 Å². The van der Waals surface area contributed by atoms with Gasteiger partial charge < -0.3 is 0 Å². The van der Waals surface area contributed by atoms with Gasteiger partial charge in [0.05, 0.1) is 5.41 Å². The molecule has 0 saturated heterocycles. The second-order valence-corrected chi connectivity index (χ2v) is 9.66. The first-order valence-corrected chi connectivity index (χ1v) is 11.5. The fourth-order valence-electron chi connectivity index (χ4n) is 5.51. The first kappa shape index (κ1) is 17.7. The Balaban J connectivity index is 1.87. The minimum atomic E-state index is -0.290. The van der Waals surface area contributed by atoms with Crippen LogP contribution < -0.4 is 0 Å². The summed E-state index contributed by atoms with van der Waals surface area (Å²) in [6.07, 6.45) is 1.92. The fraction of sp³-hybridized carbons (Fsp3) is 0.111. The molecule has 2 aliphatic carbocycles. The Bertz CT molecular complexity index is 1180. The predicted molar refractivity (Wildman–Crippen MR) is 126 cm³/mol. The highest BCUT2D eigenvalue weighted by molar-refractivity contribution is 9.10. The summed E-state index contributed by atoms with van der Waals surface area (Å²) in [5, 5.41) is 0. The number of hydrogen-bond donors (Lipinski definition) is 0. The molecule has 0 unspecified atom stereocenters. The van der Waals surface area contributed by atoms with E-state index in [4.69, 9.17) is 0 Å². The van der Waals surface area contributed by atoms with Crippen molar-refractivity contribution in [2.75, 3.05) is 0 Å². The minimum Gasteiger partial charge on any atom is -0.0620 e. The van der Waals surface area contributed by atoms with Crippen LogP contribution in [0.2, 0.25) is 0 Å². The molecule has 0 aliphatic heterocycles. The molecule has 0 amide bonds. The van der Waals surface area contributed by atoms with E-state index < -0.39 is 0 Å². The van der Waals surface area contributed by atoms with Crippen molar-refractivity contribution in [3.63, 3.8) is 0 Å². The Morgan fingerprint density at radius 3 is 1.38 bits per heavy atom. The molecular formula is C27H18Br2. The molecule has 4 aromatic rings. The lowest BCUT2D eigenvalue weighted by Gasteiger charge is -2.46. The number of fused-ring (bicyclic) bond motifs is 8. The van der Waals surface area contributed by atoms with Crippen LogP contribution in [0, 0.1) is 0 Å². The van der Waals surface area contributed by atoms with Crippen molar-refractivity contribution in [2.24, 2.45) is 0 Å². The van der Waals surface area contributed by atoms with E-state index in [2.05, 4.69) is 117 Å². The van der Waals surface area contributed by atoms with Crippen LogP contribution in [0.1, 0.15) is 44.5 Å². The summed E-state index contributed by atoms with van der Waals surface area (Å²) < 4.78 is 2.40. The molecule has 6 rings (SSSR count). The first-order chi connectivity index (χ1) is 14.2. The van der Waals surface area contributed by atoms with Crippen molar-refractivity contribution in [2.45, 2.75) is 18.3 Å². The molecule has 0 heterocycles. The van der Waals surface area contributed by atoms with Gasteiger partial charge in [-0.3, -0.25) is 0 Å². The molecule has 0 aromatic heterocycles. The van der Waals surface area contributed by atoms with Crippen molar-refractivity contribution in [1.29, 1.82) is 0 Å². The van der Waals surface area contributed by atoms with E-state index in [1.807, 2.05) is 0 Å². The van der Waals surface area contributed by atoms with Gasteiger partial charge in [0.2, 0.25) is 0 Å². The monoisotopic (exact) mass is 500 g/mol. The molecule has 2 aliphatic rings. The second kappa shape index (κ2) is 6.42. The molecule has 0 fully saturated rings. The highest BCUT2D eigenvalue weighted by Gasteiger charge is 2.48. The van der Waals surface area contributed by atoms with E-state index in [0.717, 1.165) is 12.8 Å². The maximum Gasteiger partial charge on any atom is 0.0713 e. The van der Waals surface area contributed by atoms with Gasteiger partial charge in [-0.05, 0) is 69.5 Å². The van der Waals surface area contributed by atoms with Gasteiger partial charge in [0.1, 0.15) is 0 Å². The molecule has 4 aromatic carbocycles. The number of rotatable bonds is 0. The average molecular weight is 502 g/mol. The van der Waals surface area contributed by atoms with E-state index in [1.54, 1.807) is 0 Å². The van der Waals surface area contributed by atoms with Gasteiger partial charge >= 0.3 is 0 Å². The zero-order chi connectivity index (χ0) is 19.6. The van der Waals surface area contributed by atoms with Crippen LogP contribution in [0.5, 0.6) is 0 Å². The lowest BCUT2D eigenvalue weighted by atomic mass is 9.56. The summed E-state index contributed by atoms with van der Waals surface area (Å²) in [6.45, 7) is 0. The topological polar surface area (TPSA) is 0 Å². The summed E-state index contributed by atoms with van der Waals surface area (Å²) in [7, 11) is 0. The molecular weight excluding hydrogens is 484 g/mol. The van der Waals surface area contributed by atoms with E-state index in [9.17, 15) is 0 Å². The molecule has 140 valence electrons. The van der Waals surface area contributed by atoms with Crippen LogP contribution in [0.15, 0.2) is 93.9 Å². The van der Waals surface area contributed by atoms with Gasteiger partial charge in [-0.15, -0.1) is 0 Å². The lowest BCUT2D eigenvalue weighted by molar-refractivity contribution is 0.668. The predicted octanol–water partition coefficient (Wildman–Crippen LogP) is 7.40. The molecule has 0 bridgehead atoms. The molecule has 0 nitrogen and oxygen atoms in total. The number of halogens is 2. The average Bonchev–Trinajstić information content (AvgIpc) is 2.75. The van der Waals surface area contributed by atoms with Gasteiger partial charge in [0.25, 0.3) is 0 Å². The highest BCUT2D eigenvalue weighted by atomic mass is 79.9. The van der Waals surface area contributed by atoms with E-state index in [-0.39, 0.29) is 5.41 Å². The molecule has 0 N–H and O–H groups in total. The number of hydrogen-bond acceptors (Lipinski definition) is 0. The molecule has 29 heavy (non-hydrogen) atoms. The third-order valence-corrected chi connectivity index (χ3v) is 8.11. The van der Waals surface area contributed by atoms with Gasteiger partial charge in [0.15, 0.2) is 0 Å². The zero-order valence-electron chi connectivity index (χ0n) is 15.8. The minimum absolute atomic E-state index is 0.290. The third kappa shape index (κ3) is 2.30. The highest BCUT2D eigenvalue weighted by Crippen LogP contribution is 2.56. The summed E-state index contributed by atoms with van der Waals surface area (Å²) >= 11 is 7.74. The summed E-state index contributed by atoms with van der Waals surface area (Å²) in [5.74, 6) is 0. The first-order valence-electron chi connectivity index (χ1n) is 9.93. The summed E-state index contributed by atoms with van der Waals surface area (Å²) in [5.41, 5.74) is 11.0. The van der Waals surface area contributed by atoms with Crippen molar-refractivity contribution in [3.05, 3.63) is 138 Å². The van der Waals surface area contributed by atoms with Gasteiger partial charge in [0, 0.05) is 8.95 Å². The zero-order valence-corrected chi connectivity index (χ0v) is 18.9. The van der Waals surface area contributed by atoms with Crippen molar-refractivity contribution in [1.82, 2.24) is 0 Å². The Hall–Kier alpha value is -2.16. The Morgan fingerprint density at radius 2 is 0.897 bits per heavy atom. The van der Waals surface area contributed by atoms with Crippen LogP contribution in [0.25, 0.3) is 0 Å². The molecule has 2 heteroatoms. The van der Waals surface area contributed by atoms with E-state index >= 15 is 0 Å². The van der Waals surface area contributed by atoms with Gasteiger partial charge in [-0.2, -0.15) is 0 Å². The smallest absolute Gasteiger partial charge is 0.0620 e. The quantitative estimate of drug-likeness (QED) is 0.203. The molecule has 1 spiro atoms. The fourth-order valence-corrected chi connectivity index (χ4v) is 6.52. The van der Waals surface area contributed by atoms with Crippen molar-refractivity contribution >= 4 is 31.9 Å². The van der Waals surface area contributed by atoms with E-state index in [0.29, 0.717) is 0 Å². The van der Waals surface area contributed by atoms with Gasteiger partial charge in [-0.1, -0.05) is 105 Å². The SMILES string of the molecule is Brc1cccc2c1Cc1ccccc1C21c2ccccc2Cc2c(Br)cccc21. The molecule has 0 atom stereocenters. The van der Waals surface area contributed by atoms with Crippen LogP contribution in [0.3, 0.4) is 0 Å². The lowest BCUT2D eigenvalue weighted by Crippen LogP contribution is -2.40. The van der Waals surface area contributed by atoms with Crippen molar-refractivity contribution < 1.29 is 0 Å². The largest absolute Gasteiger partial charge is 0.0713 e. The molecule has 0 saturated carbocycles. The standard InChI is InChI=1S/C27H18Br2/c28-25-13-5-11-23-19(25)15-17-7-1-3-9-21(17)27(23)22-10-4-2-8-18(22)16-20-24(27)12-6-14-26(20)29/h1-14H,15-16H2. The van der Waals surface area contributed by atoms with Crippen LogP contribution in [-0.4, -0.2) is 0 Å². The maximum atomic E-state index is 3.87. The second-order valence-electron chi connectivity index (χ2n) is 7.95. The summed E-state index contributed by atoms with van der Waals surface area (Å²) in [4.78, 5) is 0. The van der Waals surface area contributed by atoms with Gasteiger partial charge in [-0.25, -0.2) is 0 Å². The third-order valence-electron chi connectivity index (χ3n) is 6.62. The maximum absolute atomic E-state index is 3.87. The Morgan fingerprint density at radius 1 is 0.483 bits per heavy atom. The Kier molecular flexibility index (Phi) is 3.91. The molecule has 0 radical (unpaired) electrons. The van der Waals surface area contributed by atoms with Crippen molar-refractivity contribution in [3.8, 4) is 0 Å². The van der Waals surface area contributed by atoms with Crippen LogP contribution in [0.4, 0.5) is 0 Å². The summed E-state index contributed by atoms with van der Waals surface area (Å²) in [6, 6.07) is 31.4. The van der Waals surface area contributed by atoms with Crippen LogP contribution in [-0.2, 0) is 18.3 Å².